The molecule has 2 amide bonds. The first kappa shape index (κ1) is 24.0. The van der Waals surface area contributed by atoms with Crippen LogP contribution in [0.4, 0.5) is 0 Å². The van der Waals surface area contributed by atoms with E-state index in [0.717, 1.165) is 11.1 Å². The van der Waals surface area contributed by atoms with Crippen LogP contribution in [-0.4, -0.2) is 35.9 Å². The predicted octanol–water partition coefficient (Wildman–Crippen LogP) is 4.93. The van der Waals surface area contributed by atoms with E-state index in [1.54, 1.807) is 18.2 Å². The highest BCUT2D eigenvalue weighted by Crippen LogP contribution is 2.24. The van der Waals surface area contributed by atoms with Crippen molar-refractivity contribution < 1.29 is 14.3 Å². The Morgan fingerprint density at radius 1 is 1.10 bits per heavy atom. The fourth-order valence-corrected chi connectivity index (χ4v) is 3.60. The van der Waals surface area contributed by atoms with E-state index in [2.05, 4.69) is 5.32 Å². The molecule has 2 aromatic carbocycles. The molecule has 1 atom stereocenters. The topological polar surface area (TPSA) is 58.6 Å². The minimum Gasteiger partial charge on any atom is -0.483 e. The van der Waals surface area contributed by atoms with Gasteiger partial charge in [-0.25, -0.2) is 0 Å². The molecule has 0 heterocycles. The van der Waals surface area contributed by atoms with Crippen LogP contribution in [0.3, 0.4) is 0 Å². The number of aryl methyl sites for hydroxylation is 2. The second kappa shape index (κ2) is 11.2. The molecule has 0 saturated carbocycles. The maximum atomic E-state index is 13.2. The second-order valence-corrected chi connectivity index (χ2v) is 7.98. The molecule has 0 aliphatic carbocycles. The van der Waals surface area contributed by atoms with Crippen molar-refractivity contribution in [2.45, 2.75) is 46.7 Å². The van der Waals surface area contributed by atoms with Crippen LogP contribution >= 0.6 is 23.2 Å². The van der Waals surface area contributed by atoms with E-state index in [4.69, 9.17) is 27.9 Å². The molecule has 0 spiro atoms. The Morgan fingerprint density at radius 2 is 1.83 bits per heavy atom. The van der Waals surface area contributed by atoms with Crippen molar-refractivity contribution in [2.24, 2.45) is 0 Å². The van der Waals surface area contributed by atoms with Crippen molar-refractivity contribution in [3.63, 3.8) is 0 Å². The van der Waals surface area contributed by atoms with Gasteiger partial charge in [-0.15, -0.1) is 0 Å². The second-order valence-electron chi connectivity index (χ2n) is 7.13. The van der Waals surface area contributed by atoms with Crippen LogP contribution < -0.4 is 10.1 Å². The Kier molecular flexibility index (Phi) is 9.00. The highest BCUT2D eigenvalue weighted by molar-refractivity contribution is 6.35. The van der Waals surface area contributed by atoms with Gasteiger partial charge >= 0.3 is 0 Å². The van der Waals surface area contributed by atoms with E-state index >= 15 is 0 Å². The summed E-state index contributed by atoms with van der Waals surface area (Å²) >= 11 is 12.3. The molecule has 0 bridgehead atoms. The van der Waals surface area contributed by atoms with Crippen molar-refractivity contribution >= 4 is 35.0 Å². The standard InChI is InChI=1S/C23H28Cl2N2O3/c1-5-20(23(29)26-6-2)27(13-17-9-10-18(24)12-19(17)25)22(28)14-30-21-11-15(3)7-8-16(21)4/h7-12,20H,5-6,13-14H2,1-4H3,(H,26,29)/t20-/m0/s1. The molecule has 0 aliphatic heterocycles. The van der Waals surface area contributed by atoms with E-state index in [1.165, 1.54) is 4.90 Å². The summed E-state index contributed by atoms with van der Waals surface area (Å²) in [7, 11) is 0. The lowest BCUT2D eigenvalue weighted by atomic mass is 10.1. The van der Waals surface area contributed by atoms with Crippen LogP contribution in [0.1, 0.15) is 37.0 Å². The normalized spacial score (nSPS) is 11.7. The lowest BCUT2D eigenvalue weighted by molar-refractivity contribution is -0.142. The number of hydrogen-bond acceptors (Lipinski definition) is 3. The lowest BCUT2D eigenvalue weighted by Gasteiger charge is -2.30. The summed E-state index contributed by atoms with van der Waals surface area (Å²) in [6, 6.07) is 10.3. The van der Waals surface area contributed by atoms with Gasteiger partial charge in [-0.05, 0) is 62.1 Å². The molecule has 5 nitrogen and oxygen atoms in total. The zero-order valence-electron chi connectivity index (χ0n) is 17.8. The summed E-state index contributed by atoms with van der Waals surface area (Å²) < 4.78 is 5.80. The number of carbonyl (C=O) groups excluding carboxylic acids is 2. The molecule has 2 aromatic rings. The summed E-state index contributed by atoms with van der Waals surface area (Å²) in [4.78, 5) is 27.3. The average Bonchev–Trinajstić information content (AvgIpc) is 2.70. The maximum absolute atomic E-state index is 13.2. The molecule has 0 aromatic heterocycles. The van der Waals surface area contributed by atoms with E-state index in [0.29, 0.717) is 34.3 Å². The summed E-state index contributed by atoms with van der Waals surface area (Å²) in [6.07, 6.45) is 0.465. The van der Waals surface area contributed by atoms with Crippen molar-refractivity contribution in [3.05, 3.63) is 63.1 Å². The Bertz CT molecular complexity index is 902. The van der Waals surface area contributed by atoms with Gasteiger partial charge in [0.05, 0.1) is 0 Å². The van der Waals surface area contributed by atoms with Crippen LogP contribution in [0.5, 0.6) is 5.75 Å². The third-order valence-electron chi connectivity index (χ3n) is 4.79. The SMILES string of the molecule is CCNC(=O)[C@H](CC)N(Cc1ccc(Cl)cc1Cl)C(=O)COc1cc(C)ccc1C. The fraction of sp³-hybridized carbons (Fsp3) is 0.391. The zero-order valence-corrected chi connectivity index (χ0v) is 19.3. The molecule has 7 heteroatoms. The van der Waals surface area contributed by atoms with Crippen molar-refractivity contribution in [1.29, 1.82) is 0 Å². The summed E-state index contributed by atoms with van der Waals surface area (Å²) in [5.74, 6) is 0.157. The summed E-state index contributed by atoms with van der Waals surface area (Å²) in [5.41, 5.74) is 2.70. The average molecular weight is 451 g/mol. The minimum absolute atomic E-state index is 0.175. The van der Waals surface area contributed by atoms with Crippen molar-refractivity contribution in [2.75, 3.05) is 13.2 Å². The fourth-order valence-electron chi connectivity index (χ4n) is 3.13. The van der Waals surface area contributed by atoms with Crippen LogP contribution in [0.25, 0.3) is 0 Å². The number of benzene rings is 2. The van der Waals surface area contributed by atoms with Gasteiger partial charge in [0.25, 0.3) is 5.91 Å². The summed E-state index contributed by atoms with van der Waals surface area (Å²) in [6.45, 7) is 8.09. The monoisotopic (exact) mass is 450 g/mol. The largest absolute Gasteiger partial charge is 0.483 e. The molecular weight excluding hydrogens is 423 g/mol. The van der Waals surface area contributed by atoms with E-state index < -0.39 is 6.04 Å². The maximum Gasteiger partial charge on any atom is 0.261 e. The number of ether oxygens (including phenoxy) is 1. The van der Waals surface area contributed by atoms with Crippen LogP contribution in [-0.2, 0) is 16.1 Å². The Hall–Kier alpha value is -2.24. The van der Waals surface area contributed by atoms with Crippen molar-refractivity contribution in [1.82, 2.24) is 10.2 Å². The first-order chi connectivity index (χ1) is 14.3. The summed E-state index contributed by atoms with van der Waals surface area (Å²) in [5, 5.41) is 3.76. The Labute approximate surface area is 188 Å². The van der Waals surface area contributed by atoms with E-state index in [1.807, 2.05) is 45.9 Å². The lowest BCUT2D eigenvalue weighted by Crippen LogP contribution is -2.50. The first-order valence-electron chi connectivity index (χ1n) is 9.97. The minimum atomic E-state index is -0.633. The number of likely N-dealkylation sites (N-methyl/N-ethyl adjacent to an activating group) is 1. The van der Waals surface area contributed by atoms with Gasteiger partial charge in [-0.3, -0.25) is 9.59 Å². The number of rotatable bonds is 9. The van der Waals surface area contributed by atoms with Gasteiger partial charge < -0.3 is 15.0 Å². The molecule has 30 heavy (non-hydrogen) atoms. The molecule has 0 unspecified atom stereocenters. The Balaban J connectivity index is 2.27. The number of carbonyl (C=O) groups is 2. The van der Waals surface area contributed by atoms with Crippen LogP contribution in [0, 0.1) is 13.8 Å². The van der Waals surface area contributed by atoms with Gasteiger partial charge in [0.1, 0.15) is 11.8 Å². The number of hydrogen-bond donors (Lipinski definition) is 1. The van der Waals surface area contributed by atoms with Gasteiger partial charge in [0, 0.05) is 23.1 Å². The number of nitrogens with one attached hydrogen (secondary N) is 1. The molecular formula is C23H28Cl2N2O3. The zero-order chi connectivity index (χ0) is 22.3. The van der Waals surface area contributed by atoms with Crippen LogP contribution in [0.15, 0.2) is 36.4 Å². The van der Waals surface area contributed by atoms with Gasteiger partial charge in [-0.1, -0.05) is 48.3 Å². The highest BCUT2D eigenvalue weighted by atomic mass is 35.5. The third kappa shape index (κ3) is 6.38. The van der Waals surface area contributed by atoms with E-state index in [-0.39, 0.29) is 25.0 Å². The molecule has 0 radical (unpaired) electrons. The molecule has 2 rings (SSSR count). The quantitative estimate of drug-likeness (QED) is 0.588. The third-order valence-corrected chi connectivity index (χ3v) is 5.37. The molecule has 1 N–H and O–H groups in total. The van der Waals surface area contributed by atoms with Gasteiger partial charge in [0.2, 0.25) is 5.91 Å². The number of nitrogens with zero attached hydrogens (tertiary/aromatic N) is 1. The van der Waals surface area contributed by atoms with Crippen molar-refractivity contribution in [3.8, 4) is 5.75 Å². The first-order valence-corrected chi connectivity index (χ1v) is 10.7. The molecule has 0 aliphatic rings. The van der Waals surface area contributed by atoms with E-state index in [9.17, 15) is 9.59 Å². The Morgan fingerprint density at radius 3 is 2.47 bits per heavy atom. The molecule has 0 fully saturated rings. The van der Waals surface area contributed by atoms with Gasteiger partial charge in [0.15, 0.2) is 6.61 Å². The smallest absolute Gasteiger partial charge is 0.261 e. The number of halogens is 2. The van der Waals surface area contributed by atoms with Crippen LogP contribution in [0.2, 0.25) is 10.0 Å². The molecule has 162 valence electrons. The number of amides is 2. The highest BCUT2D eigenvalue weighted by Gasteiger charge is 2.29. The van der Waals surface area contributed by atoms with Gasteiger partial charge in [-0.2, -0.15) is 0 Å². The molecule has 0 saturated heterocycles. The predicted molar refractivity (Wildman–Crippen MR) is 121 cm³/mol.